The smallest absolute Gasteiger partial charge is 0.323 e. The molecule has 0 aromatic heterocycles. The van der Waals surface area contributed by atoms with Crippen molar-refractivity contribution >= 4 is 17.9 Å². The fourth-order valence-electron chi connectivity index (χ4n) is 9.50. The lowest BCUT2D eigenvalue weighted by Crippen LogP contribution is -2.54. The molecule has 0 aromatic carbocycles. The number of fused-ring (bicyclic) bond motifs is 5. The van der Waals surface area contributed by atoms with E-state index >= 15 is 0 Å². The third-order valence-corrected chi connectivity index (χ3v) is 11.4. The Balaban J connectivity index is 1.37. The van der Waals surface area contributed by atoms with E-state index in [9.17, 15) is 19.5 Å². The summed E-state index contributed by atoms with van der Waals surface area (Å²) in [6.45, 7) is 7.29. The average Bonchev–Trinajstić information content (AvgIpc) is 3.18. The molecule has 7 heteroatoms. The van der Waals surface area contributed by atoms with E-state index in [-0.39, 0.29) is 30.8 Å². The van der Waals surface area contributed by atoms with Crippen LogP contribution in [0, 0.1) is 46.3 Å². The number of carboxylic acid groups (broad SMARTS) is 2. The first-order valence-electron chi connectivity index (χ1n) is 14.4. The first-order valence-corrected chi connectivity index (χ1v) is 14.4. The van der Waals surface area contributed by atoms with Gasteiger partial charge in [0.05, 0.1) is 0 Å². The number of rotatable bonds is 9. The van der Waals surface area contributed by atoms with Gasteiger partial charge in [-0.05, 0) is 117 Å². The number of aliphatic carboxylic acids is 2. The van der Waals surface area contributed by atoms with Gasteiger partial charge in [-0.15, -0.1) is 0 Å². The minimum atomic E-state index is -0.949. The Morgan fingerprint density at radius 1 is 0.889 bits per heavy atom. The van der Waals surface area contributed by atoms with Crippen LogP contribution in [-0.2, 0) is 19.1 Å². The summed E-state index contributed by atoms with van der Waals surface area (Å²) in [5, 5.41) is 18.0. The van der Waals surface area contributed by atoms with Crippen LogP contribution in [0.4, 0.5) is 0 Å². The molecule has 4 saturated carbocycles. The van der Waals surface area contributed by atoms with E-state index in [0.717, 1.165) is 43.4 Å². The number of nitrogens with two attached hydrogens (primary N) is 1. The van der Waals surface area contributed by atoms with Crippen LogP contribution < -0.4 is 5.73 Å². The number of ether oxygens (including phenoxy) is 1. The van der Waals surface area contributed by atoms with Gasteiger partial charge < -0.3 is 20.7 Å². The Morgan fingerprint density at radius 2 is 1.53 bits per heavy atom. The lowest BCUT2D eigenvalue weighted by molar-refractivity contribution is -0.164. The van der Waals surface area contributed by atoms with Crippen LogP contribution in [-0.4, -0.2) is 40.3 Å². The van der Waals surface area contributed by atoms with Crippen molar-refractivity contribution in [1.82, 2.24) is 0 Å². The van der Waals surface area contributed by atoms with Gasteiger partial charge in [-0.3, -0.25) is 14.4 Å². The summed E-state index contributed by atoms with van der Waals surface area (Å²) in [7, 11) is 0. The Kier molecular flexibility index (Phi) is 8.09. The first kappa shape index (κ1) is 27.4. The van der Waals surface area contributed by atoms with E-state index in [4.69, 9.17) is 15.6 Å². The van der Waals surface area contributed by atoms with Crippen LogP contribution >= 0.6 is 0 Å². The van der Waals surface area contributed by atoms with Gasteiger partial charge in [0.25, 0.3) is 0 Å². The van der Waals surface area contributed by atoms with Crippen LogP contribution in [0.15, 0.2) is 0 Å². The van der Waals surface area contributed by atoms with Gasteiger partial charge in [0, 0.05) is 12.8 Å². The van der Waals surface area contributed by atoms with Gasteiger partial charge in [0.2, 0.25) is 0 Å². The molecule has 204 valence electrons. The van der Waals surface area contributed by atoms with Crippen molar-refractivity contribution in [1.29, 1.82) is 0 Å². The van der Waals surface area contributed by atoms with Crippen molar-refractivity contribution in [3.05, 3.63) is 0 Å². The predicted molar refractivity (Wildman–Crippen MR) is 136 cm³/mol. The molecule has 0 spiro atoms. The van der Waals surface area contributed by atoms with Crippen LogP contribution in [0.25, 0.3) is 0 Å². The third-order valence-electron chi connectivity index (χ3n) is 11.4. The van der Waals surface area contributed by atoms with Crippen LogP contribution in [0.3, 0.4) is 0 Å². The lowest BCUT2D eigenvalue weighted by Gasteiger charge is -2.61. The number of carbonyl (C=O) groups excluding carboxylic acids is 1. The summed E-state index contributed by atoms with van der Waals surface area (Å²) in [6, 6.07) is -0.866. The summed E-state index contributed by atoms with van der Waals surface area (Å²) < 4.78 is 5.78. The molecular weight excluding hydrogens is 458 g/mol. The Morgan fingerprint density at radius 3 is 2.22 bits per heavy atom. The molecule has 0 radical (unpaired) electrons. The van der Waals surface area contributed by atoms with Gasteiger partial charge in [-0.25, -0.2) is 0 Å². The molecule has 4 rings (SSSR count). The molecule has 0 bridgehead atoms. The normalized spacial score (nSPS) is 41.3. The monoisotopic (exact) mass is 505 g/mol. The molecule has 10 atom stereocenters. The van der Waals surface area contributed by atoms with Crippen molar-refractivity contribution in [3.8, 4) is 0 Å². The maximum atomic E-state index is 12.4. The minimum absolute atomic E-state index is 0.109. The topological polar surface area (TPSA) is 127 Å². The van der Waals surface area contributed by atoms with Gasteiger partial charge in [-0.1, -0.05) is 20.8 Å². The molecule has 4 aliphatic rings. The van der Waals surface area contributed by atoms with Gasteiger partial charge in [-0.2, -0.15) is 0 Å². The zero-order valence-corrected chi connectivity index (χ0v) is 22.4. The second-order valence-corrected chi connectivity index (χ2v) is 13.2. The Bertz CT molecular complexity index is 846. The molecule has 7 nitrogen and oxygen atoms in total. The SMILES string of the molecule is C[C@H](CCC(=O)O)C1CC[C@H]2[C@@H]3CC[C@@H]4C[C@@H](OC(=O)C(N)CCC(=O)O)CC[C@]4(C)[C@H]3CC[C@]12C. The van der Waals surface area contributed by atoms with Crippen LogP contribution in [0.1, 0.15) is 104 Å². The van der Waals surface area contributed by atoms with Gasteiger partial charge in [0.1, 0.15) is 12.1 Å². The molecule has 0 aromatic rings. The lowest BCUT2D eigenvalue weighted by atomic mass is 9.44. The van der Waals surface area contributed by atoms with Crippen molar-refractivity contribution < 1.29 is 29.3 Å². The molecular formula is C29H47NO6. The highest BCUT2D eigenvalue weighted by atomic mass is 16.5. The van der Waals surface area contributed by atoms with Crippen LogP contribution in [0.5, 0.6) is 0 Å². The maximum absolute atomic E-state index is 12.4. The number of carboxylic acids is 2. The number of esters is 1. The zero-order chi connectivity index (χ0) is 26.3. The molecule has 0 saturated heterocycles. The van der Waals surface area contributed by atoms with E-state index in [1.165, 1.54) is 38.5 Å². The van der Waals surface area contributed by atoms with Crippen LogP contribution in [0.2, 0.25) is 0 Å². The summed E-state index contributed by atoms with van der Waals surface area (Å²) in [4.78, 5) is 34.4. The van der Waals surface area contributed by atoms with E-state index in [2.05, 4.69) is 20.8 Å². The zero-order valence-electron chi connectivity index (χ0n) is 22.4. The molecule has 4 N–H and O–H groups in total. The summed E-state index contributed by atoms with van der Waals surface area (Å²) in [5.74, 6) is 1.78. The van der Waals surface area contributed by atoms with Gasteiger partial charge >= 0.3 is 17.9 Å². The summed E-state index contributed by atoms with van der Waals surface area (Å²) >= 11 is 0. The second-order valence-electron chi connectivity index (χ2n) is 13.2. The first-order chi connectivity index (χ1) is 17.0. The van der Waals surface area contributed by atoms with Crippen molar-refractivity contribution in [3.63, 3.8) is 0 Å². The molecule has 0 amide bonds. The highest BCUT2D eigenvalue weighted by Crippen LogP contribution is 2.68. The number of carbonyl (C=O) groups is 3. The van der Waals surface area contributed by atoms with E-state index in [0.29, 0.717) is 23.2 Å². The number of hydrogen-bond donors (Lipinski definition) is 3. The van der Waals surface area contributed by atoms with Crippen molar-refractivity contribution in [2.75, 3.05) is 0 Å². The standard InChI is InChI=1S/C29H47NO6/c1-17(4-10-25(31)32)21-7-8-22-20-6-5-18-16-19(36-27(35)24(30)9-11-26(33)34)12-14-28(18,2)23(20)13-15-29(21,22)3/h17-24H,4-16,30H2,1-3H3,(H,31,32)(H,33,34)/t17-,18-,19+,20+,21?,22+,23+,24?,28+,29-/m1/s1. The maximum Gasteiger partial charge on any atom is 0.323 e. The fraction of sp³-hybridized carbons (Fsp3) is 0.897. The second kappa shape index (κ2) is 10.6. The third kappa shape index (κ3) is 5.19. The average molecular weight is 506 g/mol. The molecule has 4 aliphatic carbocycles. The predicted octanol–water partition coefficient (Wildman–Crippen LogP) is 5.25. The highest BCUT2D eigenvalue weighted by molar-refractivity contribution is 5.76. The number of hydrogen-bond acceptors (Lipinski definition) is 5. The molecule has 0 heterocycles. The molecule has 4 fully saturated rings. The Hall–Kier alpha value is -1.63. The summed E-state index contributed by atoms with van der Waals surface area (Å²) in [6.07, 6.45) is 11.3. The van der Waals surface area contributed by atoms with E-state index in [1.54, 1.807) is 0 Å². The van der Waals surface area contributed by atoms with Crippen molar-refractivity contribution in [2.24, 2.45) is 52.1 Å². The van der Waals surface area contributed by atoms with E-state index in [1.807, 2.05) is 0 Å². The largest absolute Gasteiger partial charge is 0.481 e. The Labute approximate surface area is 215 Å². The summed E-state index contributed by atoms with van der Waals surface area (Å²) in [5.41, 5.74) is 6.51. The minimum Gasteiger partial charge on any atom is -0.481 e. The van der Waals surface area contributed by atoms with E-state index < -0.39 is 23.9 Å². The molecule has 36 heavy (non-hydrogen) atoms. The highest BCUT2D eigenvalue weighted by Gasteiger charge is 2.60. The van der Waals surface area contributed by atoms with Crippen molar-refractivity contribution in [2.45, 2.75) is 116 Å². The quantitative estimate of drug-likeness (QED) is 0.365. The van der Waals surface area contributed by atoms with Gasteiger partial charge in [0.15, 0.2) is 0 Å². The molecule has 0 aliphatic heterocycles. The fourth-order valence-corrected chi connectivity index (χ4v) is 9.50. The molecule has 2 unspecified atom stereocenters.